The summed E-state index contributed by atoms with van der Waals surface area (Å²) in [4.78, 5) is 22.4. The van der Waals surface area contributed by atoms with Crippen molar-refractivity contribution in [2.24, 2.45) is 5.10 Å². The number of benzene rings is 2. The maximum Gasteiger partial charge on any atom is 0.270 e. The van der Waals surface area contributed by atoms with E-state index in [1.165, 1.54) is 18.3 Å². The monoisotopic (exact) mass is 311 g/mol. The van der Waals surface area contributed by atoms with Gasteiger partial charge in [-0.2, -0.15) is 5.10 Å². The molecule has 0 aromatic heterocycles. The Morgan fingerprint density at radius 2 is 2.00 bits per heavy atom. The lowest BCUT2D eigenvalue weighted by atomic mass is 9.96. The molecule has 0 heterocycles. The second-order valence-corrected chi connectivity index (χ2v) is 4.96. The Morgan fingerprint density at radius 3 is 2.65 bits per heavy atom. The molecule has 2 rings (SSSR count). The molecular weight excluding hydrogens is 294 g/mol. The standard InChI is InChI=1S/C17H17N3O3/c1-2-16(14-8-4-3-5-9-14)17(21)19-18-12-13-7-6-10-15(11-13)20(22)23/h3-12,16H,2H2,1H3,(H,19,21). The van der Waals surface area contributed by atoms with Crippen LogP contribution in [0.2, 0.25) is 0 Å². The van der Waals surface area contributed by atoms with Crippen LogP contribution in [-0.4, -0.2) is 17.0 Å². The minimum atomic E-state index is -0.474. The molecule has 0 spiro atoms. The molecule has 1 atom stereocenters. The molecule has 0 radical (unpaired) electrons. The van der Waals surface area contributed by atoms with Gasteiger partial charge in [-0.05, 0) is 12.0 Å². The number of hydrogen-bond acceptors (Lipinski definition) is 4. The van der Waals surface area contributed by atoms with Crippen LogP contribution in [0, 0.1) is 10.1 Å². The van der Waals surface area contributed by atoms with Gasteiger partial charge in [0.2, 0.25) is 5.91 Å². The van der Waals surface area contributed by atoms with Crippen molar-refractivity contribution in [2.75, 3.05) is 0 Å². The molecule has 0 aliphatic carbocycles. The van der Waals surface area contributed by atoms with Gasteiger partial charge in [0.15, 0.2) is 0 Å². The lowest BCUT2D eigenvalue weighted by Crippen LogP contribution is -2.25. The first-order chi connectivity index (χ1) is 11.1. The van der Waals surface area contributed by atoms with E-state index < -0.39 is 4.92 Å². The summed E-state index contributed by atoms with van der Waals surface area (Å²) in [5, 5.41) is 14.6. The molecular formula is C17H17N3O3. The maximum absolute atomic E-state index is 12.2. The molecule has 6 heteroatoms. The average Bonchev–Trinajstić information content (AvgIpc) is 2.57. The highest BCUT2D eigenvalue weighted by atomic mass is 16.6. The van der Waals surface area contributed by atoms with Crippen LogP contribution in [0.25, 0.3) is 0 Å². The van der Waals surface area contributed by atoms with Crippen molar-refractivity contribution in [3.63, 3.8) is 0 Å². The van der Waals surface area contributed by atoms with Gasteiger partial charge in [0.1, 0.15) is 0 Å². The van der Waals surface area contributed by atoms with Crippen molar-refractivity contribution in [1.82, 2.24) is 5.43 Å². The van der Waals surface area contributed by atoms with Crippen LogP contribution in [0.15, 0.2) is 59.7 Å². The number of hydrogen-bond donors (Lipinski definition) is 1. The molecule has 0 aliphatic rings. The number of amides is 1. The van der Waals surface area contributed by atoms with Crippen LogP contribution < -0.4 is 5.43 Å². The molecule has 118 valence electrons. The molecule has 0 saturated heterocycles. The van der Waals surface area contributed by atoms with Crippen LogP contribution in [0.4, 0.5) is 5.69 Å². The first kappa shape index (κ1) is 16.4. The van der Waals surface area contributed by atoms with Crippen molar-refractivity contribution < 1.29 is 9.72 Å². The van der Waals surface area contributed by atoms with E-state index in [0.717, 1.165) is 5.56 Å². The fraction of sp³-hybridized carbons (Fsp3) is 0.176. The Labute approximate surface area is 134 Å². The number of carbonyl (C=O) groups is 1. The van der Waals surface area contributed by atoms with Gasteiger partial charge in [0.05, 0.1) is 17.1 Å². The molecule has 0 fully saturated rings. The zero-order valence-electron chi connectivity index (χ0n) is 12.7. The van der Waals surface area contributed by atoms with E-state index in [0.29, 0.717) is 12.0 Å². The molecule has 23 heavy (non-hydrogen) atoms. The Bertz CT molecular complexity index is 714. The van der Waals surface area contributed by atoms with E-state index in [4.69, 9.17) is 0 Å². The number of non-ortho nitro benzene ring substituents is 1. The summed E-state index contributed by atoms with van der Waals surface area (Å²) in [6.45, 7) is 1.93. The molecule has 1 unspecified atom stereocenters. The summed E-state index contributed by atoms with van der Waals surface area (Å²) in [7, 11) is 0. The van der Waals surface area contributed by atoms with Gasteiger partial charge in [-0.15, -0.1) is 0 Å². The molecule has 2 aromatic rings. The van der Waals surface area contributed by atoms with Crippen LogP contribution >= 0.6 is 0 Å². The highest BCUT2D eigenvalue weighted by Gasteiger charge is 2.17. The lowest BCUT2D eigenvalue weighted by Gasteiger charge is -2.12. The van der Waals surface area contributed by atoms with Crippen LogP contribution in [0.1, 0.15) is 30.4 Å². The summed E-state index contributed by atoms with van der Waals surface area (Å²) in [6.07, 6.45) is 2.05. The van der Waals surface area contributed by atoms with Crippen molar-refractivity contribution in [3.05, 3.63) is 75.8 Å². The Morgan fingerprint density at radius 1 is 1.26 bits per heavy atom. The number of nitro groups is 1. The summed E-state index contributed by atoms with van der Waals surface area (Å²) in [6, 6.07) is 15.5. The predicted octanol–water partition coefficient (Wildman–Crippen LogP) is 3.24. The van der Waals surface area contributed by atoms with Gasteiger partial charge in [-0.25, -0.2) is 5.43 Å². The second kappa shape index (κ2) is 7.84. The largest absolute Gasteiger partial charge is 0.272 e. The minimum absolute atomic E-state index is 0.0176. The quantitative estimate of drug-likeness (QED) is 0.505. The fourth-order valence-electron chi connectivity index (χ4n) is 2.22. The zero-order chi connectivity index (χ0) is 16.7. The third kappa shape index (κ3) is 4.47. The van der Waals surface area contributed by atoms with Crippen LogP contribution in [-0.2, 0) is 4.79 Å². The molecule has 2 aromatic carbocycles. The lowest BCUT2D eigenvalue weighted by molar-refractivity contribution is -0.384. The third-order valence-corrected chi connectivity index (χ3v) is 3.40. The average molecular weight is 311 g/mol. The molecule has 0 saturated carbocycles. The maximum atomic E-state index is 12.2. The Hall–Kier alpha value is -3.02. The smallest absolute Gasteiger partial charge is 0.270 e. The molecule has 0 bridgehead atoms. The number of nitrogens with zero attached hydrogens (tertiary/aromatic N) is 2. The summed E-state index contributed by atoms with van der Waals surface area (Å²) >= 11 is 0. The summed E-state index contributed by atoms with van der Waals surface area (Å²) < 4.78 is 0. The van der Waals surface area contributed by atoms with Crippen molar-refractivity contribution in [1.29, 1.82) is 0 Å². The van der Waals surface area contributed by atoms with Crippen LogP contribution in [0.5, 0.6) is 0 Å². The van der Waals surface area contributed by atoms with Gasteiger partial charge in [-0.1, -0.05) is 49.4 Å². The van der Waals surface area contributed by atoms with Crippen molar-refractivity contribution in [3.8, 4) is 0 Å². The van der Waals surface area contributed by atoms with E-state index in [2.05, 4.69) is 10.5 Å². The predicted molar refractivity (Wildman–Crippen MR) is 88.3 cm³/mol. The highest BCUT2D eigenvalue weighted by molar-refractivity contribution is 5.86. The minimum Gasteiger partial charge on any atom is -0.272 e. The fourth-order valence-corrected chi connectivity index (χ4v) is 2.22. The number of nitrogens with one attached hydrogen (secondary N) is 1. The van der Waals surface area contributed by atoms with Gasteiger partial charge in [0.25, 0.3) is 5.69 Å². The summed E-state index contributed by atoms with van der Waals surface area (Å²) in [5.74, 6) is -0.487. The van der Waals surface area contributed by atoms with Crippen LogP contribution in [0.3, 0.4) is 0 Å². The second-order valence-electron chi connectivity index (χ2n) is 4.96. The SMILES string of the molecule is CCC(C(=O)NN=Cc1cccc([N+](=O)[O-])c1)c1ccccc1. The van der Waals surface area contributed by atoms with E-state index >= 15 is 0 Å². The van der Waals surface area contributed by atoms with Gasteiger partial charge >= 0.3 is 0 Å². The zero-order valence-corrected chi connectivity index (χ0v) is 12.7. The third-order valence-electron chi connectivity index (χ3n) is 3.40. The Kier molecular flexibility index (Phi) is 5.57. The first-order valence-corrected chi connectivity index (χ1v) is 7.24. The molecule has 6 nitrogen and oxygen atoms in total. The van der Waals surface area contributed by atoms with Gasteiger partial charge in [-0.3, -0.25) is 14.9 Å². The van der Waals surface area contributed by atoms with E-state index in [1.807, 2.05) is 37.3 Å². The molecule has 1 amide bonds. The van der Waals surface area contributed by atoms with E-state index in [1.54, 1.807) is 12.1 Å². The van der Waals surface area contributed by atoms with E-state index in [-0.39, 0.29) is 17.5 Å². The number of rotatable bonds is 6. The van der Waals surface area contributed by atoms with Gasteiger partial charge in [0, 0.05) is 17.7 Å². The topological polar surface area (TPSA) is 84.6 Å². The number of nitro benzene ring substituents is 1. The first-order valence-electron chi connectivity index (χ1n) is 7.24. The van der Waals surface area contributed by atoms with Crippen molar-refractivity contribution >= 4 is 17.8 Å². The van der Waals surface area contributed by atoms with Crippen molar-refractivity contribution in [2.45, 2.75) is 19.3 Å². The molecule has 1 N–H and O–H groups in total. The highest BCUT2D eigenvalue weighted by Crippen LogP contribution is 2.19. The van der Waals surface area contributed by atoms with Gasteiger partial charge < -0.3 is 0 Å². The number of carbonyl (C=O) groups excluding carboxylic acids is 1. The molecule has 0 aliphatic heterocycles. The summed E-state index contributed by atoms with van der Waals surface area (Å²) in [5.41, 5.74) is 3.95. The normalized spacial score (nSPS) is 12.0. The van der Waals surface area contributed by atoms with E-state index in [9.17, 15) is 14.9 Å². The number of hydrazone groups is 1. The Balaban J connectivity index is 2.03.